The van der Waals surface area contributed by atoms with Gasteiger partial charge in [-0.15, -0.1) is 0 Å². The largest absolute Gasteiger partial charge is 0.351 e. The van der Waals surface area contributed by atoms with Crippen molar-refractivity contribution < 1.29 is 9.59 Å². The van der Waals surface area contributed by atoms with Crippen LogP contribution in [-0.2, 0) is 4.79 Å². The van der Waals surface area contributed by atoms with Gasteiger partial charge in [-0.3, -0.25) is 9.10 Å². The fourth-order valence-electron chi connectivity index (χ4n) is 1.65. The molecule has 2 N–H and O–H groups in total. The van der Waals surface area contributed by atoms with Crippen molar-refractivity contribution in [3.05, 3.63) is 0 Å². The summed E-state index contributed by atoms with van der Waals surface area (Å²) >= 11 is 0.902. The van der Waals surface area contributed by atoms with E-state index >= 15 is 0 Å². The van der Waals surface area contributed by atoms with E-state index in [2.05, 4.69) is 6.92 Å². The number of primary amides is 1. The Bertz CT molecular complexity index is 247. The van der Waals surface area contributed by atoms with Crippen LogP contribution in [0.15, 0.2) is 0 Å². The molecule has 0 saturated carbocycles. The van der Waals surface area contributed by atoms with Crippen LogP contribution in [0.1, 0.15) is 64.7 Å². The van der Waals surface area contributed by atoms with Gasteiger partial charge in [-0.2, -0.15) is 0 Å². The molecule has 0 heterocycles. The van der Waals surface area contributed by atoms with Gasteiger partial charge in [-0.1, -0.05) is 51.9 Å². The van der Waals surface area contributed by atoms with E-state index in [1.165, 1.54) is 49.9 Å². The van der Waals surface area contributed by atoms with Crippen LogP contribution in [0.3, 0.4) is 0 Å². The Labute approximate surface area is 115 Å². The van der Waals surface area contributed by atoms with Gasteiger partial charge in [0.15, 0.2) is 0 Å². The Morgan fingerprint density at radius 1 is 1.00 bits per heavy atom. The molecule has 2 amide bonds. The number of amides is 2. The molecule has 0 radical (unpaired) electrons. The van der Waals surface area contributed by atoms with E-state index in [9.17, 15) is 9.59 Å². The normalized spacial score (nSPS) is 10.3. The van der Waals surface area contributed by atoms with Gasteiger partial charge in [-0.05, 0) is 6.42 Å². The molecule has 4 nitrogen and oxygen atoms in total. The fourth-order valence-corrected chi connectivity index (χ4v) is 2.28. The topological polar surface area (TPSA) is 63.4 Å². The first-order valence-electron chi connectivity index (χ1n) is 6.82. The van der Waals surface area contributed by atoms with E-state index in [0.29, 0.717) is 6.42 Å². The molecule has 0 atom stereocenters. The molecule has 106 valence electrons. The second kappa shape index (κ2) is 11.4. The Hall–Kier alpha value is -0.710. The zero-order valence-electron chi connectivity index (χ0n) is 11.6. The minimum Gasteiger partial charge on any atom is -0.351 e. The lowest BCUT2D eigenvalue weighted by molar-refractivity contribution is -0.111. The van der Waals surface area contributed by atoms with Crippen LogP contribution in [0.4, 0.5) is 4.79 Å². The van der Waals surface area contributed by atoms with Crippen LogP contribution < -0.4 is 5.73 Å². The summed E-state index contributed by atoms with van der Waals surface area (Å²) in [5.74, 6) is 0. The van der Waals surface area contributed by atoms with Crippen molar-refractivity contribution in [1.29, 1.82) is 0 Å². The summed E-state index contributed by atoms with van der Waals surface area (Å²) in [7, 11) is 1.51. The van der Waals surface area contributed by atoms with Crippen molar-refractivity contribution in [1.82, 2.24) is 4.31 Å². The van der Waals surface area contributed by atoms with Gasteiger partial charge in [0.2, 0.25) is 5.12 Å². The molecule has 0 saturated heterocycles. The van der Waals surface area contributed by atoms with Crippen molar-refractivity contribution >= 4 is 23.1 Å². The molecule has 0 fully saturated rings. The summed E-state index contributed by atoms with van der Waals surface area (Å²) in [4.78, 5) is 22.2. The van der Waals surface area contributed by atoms with Crippen LogP contribution in [0.5, 0.6) is 0 Å². The molecule has 18 heavy (non-hydrogen) atoms. The highest BCUT2D eigenvalue weighted by Crippen LogP contribution is 2.14. The summed E-state index contributed by atoms with van der Waals surface area (Å²) < 4.78 is 1.17. The highest BCUT2D eigenvalue weighted by molar-refractivity contribution is 8.12. The third-order valence-electron chi connectivity index (χ3n) is 2.78. The number of carbonyl (C=O) groups excluding carboxylic acids is 2. The molecule has 0 aromatic heterocycles. The molecular weight excluding hydrogens is 248 g/mol. The number of nitrogens with zero attached hydrogens (tertiary/aromatic N) is 1. The zero-order valence-corrected chi connectivity index (χ0v) is 12.4. The Balaban J connectivity index is 3.33. The highest BCUT2D eigenvalue weighted by atomic mass is 32.2. The molecular formula is C13H26N2O2S. The average molecular weight is 274 g/mol. The second-order valence-corrected chi connectivity index (χ2v) is 5.71. The van der Waals surface area contributed by atoms with E-state index < -0.39 is 6.03 Å². The molecule has 0 bridgehead atoms. The van der Waals surface area contributed by atoms with Gasteiger partial charge in [-0.25, -0.2) is 4.79 Å². The summed E-state index contributed by atoms with van der Waals surface area (Å²) in [6.45, 7) is 2.21. The molecule has 0 aromatic rings. The van der Waals surface area contributed by atoms with Crippen molar-refractivity contribution in [2.24, 2.45) is 5.73 Å². The van der Waals surface area contributed by atoms with Crippen LogP contribution in [0.25, 0.3) is 0 Å². The first-order chi connectivity index (χ1) is 8.57. The predicted octanol–water partition coefficient (Wildman–Crippen LogP) is 3.70. The van der Waals surface area contributed by atoms with Crippen molar-refractivity contribution in [3.8, 4) is 0 Å². The molecule has 0 aromatic carbocycles. The summed E-state index contributed by atoms with van der Waals surface area (Å²) in [5, 5.41) is 0.0160. The van der Waals surface area contributed by atoms with Gasteiger partial charge in [0.05, 0.1) is 0 Å². The van der Waals surface area contributed by atoms with Gasteiger partial charge in [0, 0.05) is 25.4 Å². The van der Waals surface area contributed by atoms with Crippen molar-refractivity contribution in [2.45, 2.75) is 64.7 Å². The molecule has 0 rings (SSSR count). The van der Waals surface area contributed by atoms with Crippen LogP contribution in [-0.4, -0.2) is 22.5 Å². The first kappa shape index (κ1) is 17.3. The molecule has 0 aliphatic rings. The van der Waals surface area contributed by atoms with E-state index in [0.717, 1.165) is 24.8 Å². The summed E-state index contributed by atoms with van der Waals surface area (Å²) in [6.07, 6.45) is 10.2. The van der Waals surface area contributed by atoms with Gasteiger partial charge < -0.3 is 5.73 Å². The number of urea groups is 1. The van der Waals surface area contributed by atoms with Crippen molar-refractivity contribution in [3.63, 3.8) is 0 Å². The van der Waals surface area contributed by atoms with Crippen LogP contribution in [0.2, 0.25) is 0 Å². The third-order valence-corrected chi connectivity index (χ3v) is 3.65. The van der Waals surface area contributed by atoms with Gasteiger partial charge >= 0.3 is 6.03 Å². The fraction of sp³-hybridized carbons (Fsp3) is 0.846. The number of hydrogen-bond acceptors (Lipinski definition) is 3. The molecule has 0 spiro atoms. The highest BCUT2D eigenvalue weighted by Gasteiger charge is 2.10. The second-order valence-electron chi connectivity index (χ2n) is 4.52. The molecule has 0 aliphatic heterocycles. The zero-order chi connectivity index (χ0) is 13.8. The minimum atomic E-state index is -0.579. The van der Waals surface area contributed by atoms with Crippen molar-refractivity contribution in [2.75, 3.05) is 7.05 Å². The molecule has 0 unspecified atom stereocenters. The third kappa shape index (κ3) is 10.4. The summed E-state index contributed by atoms with van der Waals surface area (Å²) in [6, 6.07) is -0.579. The first-order valence-corrected chi connectivity index (χ1v) is 7.59. The lowest BCUT2D eigenvalue weighted by Crippen LogP contribution is -2.27. The maximum atomic E-state index is 11.4. The van der Waals surface area contributed by atoms with Crippen LogP contribution in [0, 0.1) is 0 Å². The Kier molecular flexibility index (Phi) is 10.9. The number of rotatable bonds is 9. The SMILES string of the molecule is CCCCCCCCCCC(=O)SN(C)C(N)=O. The molecule has 0 aliphatic carbocycles. The predicted molar refractivity (Wildman–Crippen MR) is 77.2 cm³/mol. The Morgan fingerprint density at radius 3 is 2.00 bits per heavy atom. The quantitative estimate of drug-likeness (QED) is 0.515. The average Bonchev–Trinajstić information content (AvgIpc) is 2.32. The maximum absolute atomic E-state index is 11.4. The molecule has 5 heteroatoms. The number of carbonyl (C=O) groups is 2. The number of nitrogens with two attached hydrogens (primary N) is 1. The lowest BCUT2D eigenvalue weighted by atomic mass is 10.1. The number of hydrogen-bond donors (Lipinski definition) is 1. The minimum absolute atomic E-state index is 0.0160. The Morgan fingerprint density at radius 2 is 1.50 bits per heavy atom. The van der Waals surface area contributed by atoms with E-state index in [4.69, 9.17) is 5.73 Å². The van der Waals surface area contributed by atoms with E-state index in [1.54, 1.807) is 0 Å². The monoisotopic (exact) mass is 274 g/mol. The van der Waals surface area contributed by atoms with Gasteiger partial charge in [0.1, 0.15) is 0 Å². The maximum Gasteiger partial charge on any atom is 0.324 e. The van der Waals surface area contributed by atoms with Gasteiger partial charge in [0.25, 0.3) is 0 Å². The van der Waals surface area contributed by atoms with Crippen LogP contribution >= 0.6 is 11.9 Å². The number of unbranched alkanes of at least 4 members (excludes halogenated alkanes) is 7. The smallest absolute Gasteiger partial charge is 0.324 e. The standard InChI is InChI=1S/C13H26N2O2S/c1-3-4-5-6-7-8-9-10-11-12(16)18-15(2)13(14)17/h3-11H2,1-2H3,(H2,14,17). The summed E-state index contributed by atoms with van der Waals surface area (Å²) in [5.41, 5.74) is 5.03. The van der Waals surface area contributed by atoms with E-state index in [-0.39, 0.29) is 5.12 Å². The lowest BCUT2D eigenvalue weighted by Gasteiger charge is -2.10. The van der Waals surface area contributed by atoms with E-state index in [1.807, 2.05) is 0 Å².